The average Bonchev–Trinajstić information content (AvgIpc) is 1.83. The van der Waals surface area contributed by atoms with Crippen molar-refractivity contribution in [2.45, 2.75) is 30.6 Å². The SMILES string of the molecule is O=C1CCCC(O)C1S. The number of aliphatic hydroxyl groups excluding tert-OH is 1. The predicted molar refractivity (Wildman–Crippen MR) is 37.6 cm³/mol. The number of thiol groups is 1. The zero-order chi connectivity index (χ0) is 6.85. The van der Waals surface area contributed by atoms with Crippen LogP contribution >= 0.6 is 12.6 Å². The van der Waals surface area contributed by atoms with E-state index in [9.17, 15) is 4.79 Å². The van der Waals surface area contributed by atoms with Crippen LogP contribution in [-0.2, 0) is 4.79 Å². The molecule has 2 nitrogen and oxygen atoms in total. The lowest BCUT2D eigenvalue weighted by Crippen LogP contribution is -2.33. The van der Waals surface area contributed by atoms with Crippen molar-refractivity contribution in [2.75, 3.05) is 0 Å². The van der Waals surface area contributed by atoms with Gasteiger partial charge in [-0.15, -0.1) is 0 Å². The van der Waals surface area contributed by atoms with Crippen LogP contribution in [0.2, 0.25) is 0 Å². The molecule has 1 fully saturated rings. The van der Waals surface area contributed by atoms with E-state index in [1.165, 1.54) is 0 Å². The van der Waals surface area contributed by atoms with E-state index in [2.05, 4.69) is 12.6 Å². The van der Waals surface area contributed by atoms with E-state index in [4.69, 9.17) is 5.11 Å². The van der Waals surface area contributed by atoms with E-state index in [0.717, 1.165) is 12.8 Å². The Morgan fingerprint density at radius 1 is 1.67 bits per heavy atom. The number of carbonyl (C=O) groups excluding carboxylic acids is 1. The van der Waals surface area contributed by atoms with Crippen LogP contribution in [0.5, 0.6) is 0 Å². The molecule has 0 spiro atoms. The number of ketones is 1. The molecule has 9 heavy (non-hydrogen) atoms. The summed E-state index contributed by atoms with van der Waals surface area (Å²) in [6.45, 7) is 0. The molecule has 0 amide bonds. The second-order valence-electron chi connectivity index (χ2n) is 2.37. The Morgan fingerprint density at radius 2 is 2.33 bits per heavy atom. The highest BCUT2D eigenvalue weighted by Crippen LogP contribution is 2.19. The van der Waals surface area contributed by atoms with Crippen molar-refractivity contribution in [3.8, 4) is 0 Å². The average molecular weight is 146 g/mol. The predicted octanol–water partition coefficient (Wildman–Crippen LogP) is 0.399. The maximum absolute atomic E-state index is 10.8. The first-order chi connectivity index (χ1) is 4.22. The van der Waals surface area contributed by atoms with Crippen molar-refractivity contribution < 1.29 is 9.90 Å². The Bertz CT molecular complexity index is 124. The third-order valence-electron chi connectivity index (χ3n) is 1.62. The molecule has 1 rings (SSSR count). The highest BCUT2D eigenvalue weighted by molar-refractivity contribution is 7.81. The van der Waals surface area contributed by atoms with Crippen molar-refractivity contribution in [3.63, 3.8) is 0 Å². The van der Waals surface area contributed by atoms with Crippen molar-refractivity contribution in [1.29, 1.82) is 0 Å². The molecule has 0 aromatic carbocycles. The van der Waals surface area contributed by atoms with Crippen LogP contribution in [0.3, 0.4) is 0 Å². The molecule has 0 bridgehead atoms. The molecule has 1 saturated carbocycles. The van der Waals surface area contributed by atoms with Crippen LogP contribution in [0.25, 0.3) is 0 Å². The van der Waals surface area contributed by atoms with E-state index in [-0.39, 0.29) is 5.78 Å². The number of rotatable bonds is 0. The Hall–Kier alpha value is -0.0200. The minimum absolute atomic E-state index is 0.0806. The van der Waals surface area contributed by atoms with E-state index < -0.39 is 11.4 Å². The normalized spacial score (nSPS) is 36.9. The third kappa shape index (κ3) is 1.46. The first-order valence-electron chi connectivity index (χ1n) is 3.10. The molecule has 0 aromatic heterocycles. The summed E-state index contributed by atoms with van der Waals surface area (Å²) in [6.07, 6.45) is 1.62. The number of aliphatic hydroxyl groups is 1. The summed E-state index contributed by atoms with van der Waals surface area (Å²) in [5, 5.41) is 8.63. The molecule has 1 N–H and O–H groups in total. The number of hydrogen-bond donors (Lipinski definition) is 2. The molecule has 2 unspecified atom stereocenters. The van der Waals surface area contributed by atoms with Gasteiger partial charge >= 0.3 is 0 Å². The Balaban J connectivity index is 2.51. The molecule has 2 atom stereocenters. The van der Waals surface area contributed by atoms with Gasteiger partial charge in [0.1, 0.15) is 5.78 Å². The standard InChI is InChI=1S/C6H10O2S/c7-4-2-1-3-5(8)6(4)9/h4,6-7,9H,1-3H2. The molecule has 0 radical (unpaired) electrons. The number of Topliss-reactive ketones (excluding diaryl/α,β-unsaturated/α-hetero) is 1. The zero-order valence-electron chi connectivity index (χ0n) is 5.08. The molecular weight excluding hydrogens is 136 g/mol. The van der Waals surface area contributed by atoms with E-state index in [1.54, 1.807) is 0 Å². The maximum Gasteiger partial charge on any atom is 0.148 e. The molecule has 1 aliphatic rings. The summed E-state index contributed by atoms with van der Waals surface area (Å²) in [5.41, 5.74) is 0. The second kappa shape index (κ2) is 2.71. The van der Waals surface area contributed by atoms with Gasteiger partial charge < -0.3 is 5.11 Å². The van der Waals surface area contributed by atoms with Crippen molar-refractivity contribution in [3.05, 3.63) is 0 Å². The largest absolute Gasteiger partial charge is 0.392 e. The van der Waals surface area contributed by atoms with E-state index in [0.29, 0.717) is 6.42 Å². The van der Waals surface area contributed by atoms with Crippen LogP contribution in [0.1, 0.15) is 19.3 Å². The van der Waals surface area contributed by atoms with Crippen molar-refractivity contribution in [2.24, 2.45) is 0 Å². The Kier molecular flexibility index (Phi) is 2.13. The quantitative estimate of drug-likeness (QED) is 0.485. The molecular formula is C6H10O2S. The third-order valence-corrected chi connectivity index (χ3v) is 2.25. The van der Waals surface area contributed by atoms with Gasteiger partial charge in [0, 0.05) is 6.42 Å². The van der Waals surface area contributed by atoms with Gasteiger partial charge in [0.2, 0.25) is 0 Å². The maximum atomic E-state index is 10.8. The highest BCUT2D eigenvalue weighted by Gasteiger charge is 2.26. The summed E-state index contributed by atoms with van der Waals surface area (Å²) in [6, 6.07) is 0. The van der Waals surface area contributed by atoms with Gasteiger partial charge in [-0.2, -0.15) is 12.6 Å². The molecule has 0 saturated heterocycles. The van der Waals surface area contributed by atoms with Crippen LogP contribution in [0, 0.1) is 0 Å². The highest BCUT2D eigenvalue weighted by atomic mass is 32.1. The van der Waals surface area contributed by atoms with Crippen molar-refractivity contribution in [1.82, 2.24) is 0 Å². The molecule has 52 valence electrons. The van der Waals surface area contributed by atoms with Gasteiger partial charge in [0.05, 0.1) is 11.4 Å². The lowest BCUT2D eigenvalue weighted by molar-refractivity contribution is -0.122. The van der Waals surface area contributed by atoms with Gasteiger partial charge in [0.15, 0.2) is 0 Å². The number of hydrogen-bond acceptors (Lipinski definition) is 3. The summed E-state index contributed by atoms with van der Waals surface area (Å²) in [5.74, 6) is 0.0806. The van der Waals surface area contributed by atoms with E-state index >= 15 is 0 Å². The number of carbonyl (C=O) groups is 1. The smallest absolute Gasteiger partial charge is 0.148 e. The van der Waals surface area contributed by atoms with Gasteiger partial charge in [-0.3, -0.25) is 4.79 Å². The first kappa shape index (κ1) is 7.09. The molecule has 1 aliphatic carbocycles. The topological polar surface area (TPSA) is 37.3 Å². The van der Waals surface area contributed by atoms with Gasteiger partial charge in [0.25, 0.3) is 0 Å². The van der Waals surface area contributed by atoms with Gasteiger partial charge in [-0.05, 0) is 12.8 Å². The van der Waals surface area contributed by atoms with Crippen LogP contribution in [0.15, 0.2) is 0 Å². The van der Waals surface area contributed by atoms with Crippen LogP contribution in [0.4, 0.5) is 0 Å². The molecule has 3 heteroatoms. The fraction of sp³-hybridized carbons (Fsp3) is 0.833. The van der Waals surface area contributed by atoms with Crippen LogP contribution in [-0.4, -0.2) is 22.2 Å². The van der Waals surface area contributed by atoms with Gasteiger partial charge in [-0.1, -0.05) is 0 Å². The lowest BCUT2D eigenvalue weighted by Gasteiger charge is -2.21. The fourth-order valence-corrected chi connectivity index (χ4v) is 1.28. The lowest BCUT2D eigenvalue weighted by atomic mass is 9.96. The van der Waals surface area contributed by atoms with Gasteiger partial charge in [-0.25, -0.2) is 0 Å². The fourth-order valence-electron chi connectivity index (χ4n) is 1.01. The first-order valence-corrected chi connectivity index (χ1v) is 3.62. The van der Waals surface area contributed by atoms with E-state index in [1.807, 2.05) is 0 Å². The van der Waals surface area contributed by atoms with Crippen molar-refractivity contribution >= 4 is 18.4 Å². The monoisotopic (exact) mass is 146 g/mol. The minimum Gasteiger partial charge on any atom is -0.392 e. The summed E-state index contributed by atoms with van der Waals surface area (Å²) in [7, 11) is 0. The molecule has 0 aromatic rings. The Morgan fingerprint density at radius 3 is 2.78 bits per heavy atom. The summed E-state index contributed by atoms with van der Waals surface area (Å²) < 4.78 is 0. The van der Waals surface area contributed by atoms with Crippen LogP contribution < -0.4 is 0 Å². The second-order valence-corrected chi connectivity index (χ2v) is 2.93. The summed E-state index contributed by atoms with van der Waals surface area (Å²) in [4.78, 5) is 10.8. The Labute approximate surface area is 59.7 Å². The summed E-state index contributed by atoms with van der Waals surface area (Å²) >= 11 is 3.95. The minimum atomic E-state index is -0.505. The molecule has 0 aliphatic heterocycles. The molecule has 0 heterocycles. The zero-order valence-corrected chi connectivity index (χ0v) is 5.97.